The van der Waals surface area contributed by atoms with Crippen molar-refractivity contribution in [1.82, 2.24) is 19.8 Å². The SMILES string of the molecule is CCOC(=O)c1cnc2c(c(C)nn2C)c1NN(C)C. The van der Waals surface area contributed by atoms with Crippen molar-refractivity contribution in [2.24, 2.45) is 7.05 Å². The van der Waals surface area contributed by atoms with Gasteiger partial charge in [0.2, 0.25) is 0 Å². The molecule has 0 aliphatic heterocycles. The molecule has 0 amide bonds. The standard InChI is InChI=1S/C13H19N5O2/c1-6-20-13(19)9-7-14-12-10(8(2)15-18(12)5)11(9)16-17(3)4/h7H,6H2,1-5H3,(H,14,16). The van der Waals surface area contributed by atoms with E-state index in [1.165, 1.54) is 6.20 Å². The van der Waals surface area contributed by atoms with Gasteiger partial charge in [-0.3, -0.25) is 4.68 Å². The van der Waals surface area contributed by atoms with E-state index < -0.39 is 5.97 Å². The van der Waals surface area contributed by atoms with Gasteiger partial charge in [0.05, 0.1) is 23.4 Å². The lowest BCUT2D eigenvalue weighted by atomic mass is 10.1. The zero-order valence-corrected chi connectivity index (χ0v) is 12.4. The minimum Gasteiger partial charge on any atom is -0.462 e. The first kappa shape index (κ1) is 14.3. The van der Waals surface area contributed by atoms with Crippen LogP contribution in [0.15, 0.2) is 6.20 Å². The van der Waals surface area contributed by atoms with E-state index in [-0.39, 0.29) is 0 Å². The van der Waals surface area contributed by atoms with Crippen LogP contribution in [0.2, 0.25) is 0 Å². The average molecular weight is 277 g/mol. The molecule has 2 heterocycles. The quantitative estimate of drug-likeness (QED) is 0.671. The summed E-state index contributed by atoms with van der Waals surface area (Å²) in [7, 11) is 5.53. The lowest BCUT2D eigenvalue weighted by Gasteiger charge is -2.17. The van der Waals surface area contributed by atoms with Crippen molar-refractivity contribution in [1.29, 1.82) is 0 Å². The third kappa shape index (κ3) is 2.44. The highest BCUT2D eigenvalue weighted by atomic mass is 16.5. The van der Waals surface area contributed by atoms with Crippen LogP contribution in [-0.2, 0) is 11.8 Å². The molecule has 0 radical (unpaired) electrons. The molecule has 0 unspecified atom stereocenters. The van der Waals surface area contributed by atoms with E-state index in [1.807, 2.05) is 28.1 Å². The minimum atomic E-state index is -0.394. The summed E-state index contributed by atoms with van der Waals surface area (Å²) >= 11 is 0. The summed E-state index contributed by atoms with van der Waals surface area (Å²) in [6.45, 7) is 3.99. The van der Waals surface area contributed by atoms with Gasteiger partial charge in [0, 0.05) is 27.3 Å². The van der Waals surface area contributed by atoms with E-state index in [9.17, 15) is 4.79 Å². The van der Waals surface area contributed by atoms with E-state index in [1.54, 1.807) is 16.6 Å². The number of hydrazine groups is 1. The van der Waals surface area contributed by atoms with Crippen LogP contribution in [0.5, 0.6) is 0 Å². The van der Waals surface area contributed by atoms with Gasteiger partial charge in [-0.25, -0.2) is 14.8 Å². The highest BCUT2D eigenvalue weighted by molar-refractivity contribution is 6.05. The van der Waals surface area contributed by atoms with Crippen LogP contribution >= 0.6 is 0 Å². The fourth-order valence-electron chi connectivity index (χ4n) is 2.12. The molecule has 7 heteroatoms. The van der Waals surface area contributed by atoms with Crippen molar-refractivity contribution in [3.8, 4) is 0 Å². The van der Waals surface area contributed by atoms with Crippen LogP contribution in [0.3, 0.4) is 0 Å². The highest BCUT2D eigenvalue weighted by Crippen LogP contribution is 2.29. The summed E-state index contributed by atoms with van der Waals surface area (Å²) < 4.78 is 6.78. The summed E-state index contributed by atoms with van der Waals surface area (Å²) in [5.41, 5.74) is 5.76. The maximum Gasteiger partial charge on any atom is 0.341 e. The molecule has 0 saturated carbocycles. The first-order valence-electron chi connectivity index (χ1n) is 6.39. The van der Waals surface area contributed by atoms with Crippen molar-refractivity contribution in [3.05, 3.63) is 17.5 Å². The van der Waals surface area contributed by atoms with E-state index in [0.29, 0.717) is 17.9 Å². The van der Waals surface area contributed by atoms with Crippen LogP contribution < -0.4 is 5.43 Å². The zero-order chi connectivity index (χ0) is 14.9. The molecule has 1 N–H and O–H groups in total. The van der Waals surface area contributed by atoms with Gasteiger partial charge in [-0.05, 0) is 13.8 Å². The molecule has 108 valence electrons. The van der Waals surface area contributed by atoms with Crippen LogP contribution in [-0.4, -0.2) is 46.4 Å². The number of nitrogens with one attached hydrogen (secondary N) is 1. The molecule has 0 fully saturated rings. The van der Waals surface area contributed by atoms with Crippen LogP contribution in [0.25, 0.3) is 11.0 Å². The second-order valence-electron chi connectivity index (χ2n) is 4.68. The Hall–Kier alpha value is -2.15. The summed E-state index contributed by atoms with van der Waals surface area (Å²) in [5.74, 6) is -0.394. The van der Waals surface area contributed by atoms with Crippen LogP contribution in [0.4, 0.5) is 5.69 Å². The summed E-state index contributed by atoms with van der Waals surface area (Å²) in [4.78, 5) is 16.4. The summed E-state index contributed by atoms with van der Waals surface area (Å²) in [6.07, 6.45) is 1.52. The molecule has 20 heavy (non-hydrogen) atoms. The maximum absolute atomic E-state index is 12.1. The van der Waals surface area contributed by atoms with Crippen molar-refractivity contribution in [3.63, 3.8) is 0 Å². The second kappa shape index (κ2) is 5.46. The Morgan fingerprint density at radius 2 is 2.20 bits per heavy atom. The number of aromatic nitrogens is 3. The maximum atomic E-state index is 12.1. The van der Waals surface area contributed by atoms with E-state index in [0.717, 1.165) is 16.7 Å². The number of nitrogens with zero attached hydrogens (tertiary/aromatic N) is 4. The van der Waals surface area contributed by atoms with Gasteiger partial charge in [0.15, 0.2) is 5.65 Å². The van der Waals surface area contributed by atoms with Crippen molar-refractivity contribution in [2.75, 3.05) is 26.1 Å². The first-order chi connectivity index (χ1) is 9.45. The topological polar surface area (TPSA) is 72.3 Å². The second-order valence-corrected chi connectivity index (χ2v) is 4.68. The number of carbonyl (C=O) groups is 1. The number of hydrogen-bond donors (Lipinski definition) is 1. The molecule has 0 aromatic carbocycles. The fraction of sp³-hybridized carbons (Fsp3) is 0.462. The third-order valence-corrected chi connectivity index (χ3v) is 2.86. The molecular formula is C13H19N5O2. The molecule has 0 bridgehead atoms. The van der Waals surface area contributed by atoms with E-state index in [2.05, 4.69) is 15.5 Å². The highest BCUT2D eigenvalue weighted by Gasteiger charge is 2.20. The number of hydrogen-bond acceptors (Lipinski definition) is 6. The average Bonchev–Trinajstić information content (AvgIpc) is 2.65. The van der Waals surface area contributed by atoms with Gasteiger partial charge < -0.3 is 10.2 Å². The van der Waals surface area contributed by atoms with Gasteiger partial charge in [-0.2, -0.15) is 5.10 Å². The number of pyridine rings is 1. The molecule has 2 aromatic rings. The van der Waals surface area contributed by atoms with E-state index in [4.69, 9.17) is 4.74 Å². The van der Waals surface area contributed by atoms with Gasteiger partial charge >= 0.3 is 5.97 Å². The Morgan fingerprint density at radius 3 is 2.80 bits per heavy atom. The Bertz CT molecular complexity index is 648. The van der Waals surface area contributed by atoms with Gasteiger partial charge in [-0.15, -0.1) is 0 Å². The molecule has 0 atom stereocenters. The molecule has 7 nitrogen and oxygen atoms in total. The molecule has 0 saturated heterocycles. The first-order valence-corrected chi connectivity index (χ1v) is 6.39. The van der Waals surface area contributed by atoms with Crippen molar-refractivity contribution in [2.45, 2.75) is 13.8 Å². The van der Waals surface area contributed by atoms with Gasteiger partial charge in [0.1, 0.15) is 5.56 Å². The number of anilines is 1. The number of rotatable bonds is 4. The Morgan fingerprint density at radius 1 is 1.50 bits per heavy atom. The van der Waals surface area contributed by atoms with E-state index >= 15 is 0 Å². The summed E-state index contributed by atoms with van der Waals surface area (Å²) in [6, 6.07) is 0. The normalized spacial score (nSPS) is 11.1. The fourth-order valence-corrected chi connectivity index (χ4v) is 2.12. The summed E-state index contributed by atoms with van der Waals surface area (Å²) in [5, 5.41) is 6.94. The predicted molar refractivity (Wildman–Crippen MR) is 76.5 cm³/mol. The molecule has 2 aromatic heterocycles. The smallest absolute Gasteiger partial charge is 0.341 e. The van der Waals surface area contributed by atoms with Crippen LogP contribution in [0.1, 0.15) is 23.0 Å². The number of ether oxygens (including phenoxy) is 1. The van der Waals surface area contributed by atoms with Crippen molar-refractivity contribution < 1.29 is 9.53 Å². The molecule has 0 aliphatic rings. The lowest BCUT2D eigenvalue weighted by molar-refractivity contribution is 0.0527. The number of fused-ring (bicyclic) bond motifs is 1. The Kier molecular flexibility index (Phi) is 3.89. The Labute approximate surface area is 117 Å². The number of aryl methyl sites for hydroxylation is 2. The number of esters is 1. The largest absolute Gasteiger partial charge is 0.462 e. The monoisotopic (exact) mass is 277 g/mol. The van der Waals surface area contributed by atoms with Crippen molar-refractivity contribution >= 4 is 22.7 Å². The molecular weight excluding hydrogens is 258 g/mol. The Balaban J connectivity index is 2.68. The van der Waals surface area contributed by atoms with Gasteiger partial charge in [-0.1, -0.05) is 0 Å². The third-order valence-electron chi connectivity index (χ3n) is 2.86. The van der Waals surface area contributed by atoms with Gasteiger partial charge in [0.25, 0.3) is 0 Å². The molecule has 2 rings (SSSR count). The molecule has 0 aliphatic carbocycles. The van der Waals surface area contributed by atoms with Crippen LogP contribution in [0, 0.1) is 6.92 Å². The lowest BCUT2D eigenvalue weighted by Crippen LogP contribution is -2.22. The zero-order valence-electron chi connectivity index (χ0n) is 12.4. The minimum absolute atomic E-state index is 0.324. The molecule has 0 spiro atoms. The predicted octanol–water partition coefficient (Wildman–Crippen LogP) is 1.34. The number of carbonyl (C=O) groups excluding carboxylic acids is 1.